The summed E-state index contributed by atoms with van der Waals surface area (Å²) >= 11 is 0. The normalized spacial score (nSPS) is 11.4. The van der Waals surface area contributed by atoms with Crippen molar-refractivity contribution in [3.05, 3.63) is 65.4 Å². The molecular weight excluding hydrogens is 342 g/mol. The predicted molar refractivity (Wildman–Crippen MR) is 104 cm³/mol. The third-order valence-electron chi connectivity index (χ3n) is 4.47. The van der Waals surface area contributed by atoms with E-state index in [2.05, 4.69) is 43.3 Å². The number of aromatic nitrogens is 2. The van der Waals surface area contributed by atoms with Crippen LogP contribution in [-0.2, 0) is 19.1 Å². The molecule has 0 aliphatic carbocycles. The van der Waals surface area contributed by atoms with E-state index in [0.717, 1.165) is 11.4 Å². The maximum Gasteiger partial charge on any atom is 0.291 e. The molecule has 2 heterocycles. The molecule has 0 spiro atoms. The third kappa shape index (κ3) is 4.39. The van der Waals surface area contributed by atoms with Crippen molar-refractivity contribution in [3.63, 3.8) is 0 Å². The van der Waals surface area contributed by atoms with Crippen LogP contribution >= 0.6 is 0 Å². The van der Waals surface area contributed by atoms with Crippen molar-refractivity contribution in [2.45, 2.75) is 39.7 Å². The van der Waals surface area contributed by atoms with Crippen LogP contribution in [-0.4, -0.2) is 15.7 Å². The smallest absolute Gasteiger partial charge is 0.291 e. The van der Waals surface area contributed by atoms with Crippen LogP contribution in [0.25, 0.3) is 0 Å². The molecule has 0 aliphatic rings. The molecule has 0 saturated carbocycles. The first-order valence-corrected chi connectivity index (χ1v) is 8.86. The number of furan rings is 1. The first kappa shape index (κ1) is 18.8. The van der Waals surface area contributed by atoms with Crippen LogP contribution < -0.4 is 10.1 Å². The Kier molecular flexibility index (Phi) is 5.08. The molecule has 6 heteroatoms. The Hall–Kier alpha value is -3.02. The second-order valence-corrected chi connectivity index (χ2v) is 7.55. The van der Waals surface area contributed by atoms with Crippen LogP contribution in [0.15, 0.2) is 47.0 Å². The van der Waals surface area contributed by atoms with Crippen LogP contribution in [0.4, 0.5) is 5.69 Å². The first-order valence-electron chi connectivity index (χ1n) is 8.86. The van der Waals surface area contributed by atoms with Gasteiger partial charge in [-0.1, -0.05) is 32.9 Å². The molecule has 0 atom stereocenters. The molecule has 0 aliphatic heterocycles. The highest BCUT2D eigenvalue weighted by Crippen LogP contribution is 2.25. The summed E-state index contributed by atoms with van der Waals surface area (Å²) in [5, 5.41) is 6.90. The molecule has 0 bridgehead atoms. The van der Waals surface area contributed by atoms with Gasteiger partial charge in [-0.25, -0.2) is 0 Å². The van der Waals surface area contributed by atoms with Crippen molar-refractivity contribution in [1.82, 2.24) is 9.78 Å². The summed E-state index contributed by atoms with van der Waals surface area (Å²) in [7, 11) is 1.82. The average Bonchev–Trinajstić information content (AvgIpc) is 3.22. The summed E-state index contributed by atoms with van der Waals surface area (Å²) in [4.78, 5) is 12.3. The number of benzene rings is 1. The van der Waals surface area contributed by atoms with Crippen LogP contribution in [0, 0.1) is 6.92 Å². The van der Waals surface area contributed by atoms with E-state index in [1.54, 1.807) is 23.0 Å². The van der Waals surface area contributed by atoms with Gasteiger partial charge < -0.3 is 14.5 Å². The predicted octanol–water partition coefficient (Wildman–Crippen LogP) is 4.45. The Bertz CT molecular complexity index is 930. The van der Waals surface area contributed by atoms with Crippen molar-refractivity contribution in [3.8, 4) is 5.75 Å². The molecule has 1 amide bonds. The zero-order valence-corrected chi connectivity index (χ0v) is 16.4. The molecule has 1 aromatic carbocycles. The molecule has 3 rings (SSSR count). The third-order valence-corrected chi connectivity index (χ3v) is 4.47. The second-order valence-electron chi connectivity index (χ2n) is 7.55. The van der Waals surface area contributed by atoms with Gasteiger partial charge in [0, 0.05) is 7.05 Å². The Morgan fingerprint density at radius 3 is 2.48 bits per heavy atom. The van der Waals surface area contributed by atoms with Crippen molar-refractivity contribution >= 4 is 11.6 Å². The fourth-order valence-electron chi connectivity index (χ4n) is 2.59. The van der Waals surface area contributed by atoms with E-state index in [4.69, 9.17) is 9.15 Å². The molecule has 27 heavy (non-hydrogen) atoms. The number of anilines is 1. The quantitative estimate of drug-likeness (QED) is 0.723. The van der Waals surface area contributed by atoms with Crippen molar-refractivity contribution in [2.24, 2.45) is 7.05 Å². The highest BCUT2D eigenvalue weighted by atomic mass is 16.5. The van der Waals surface area contributed by atoms with Crippen molar-refractivity contribution < 1.29 is 13.9 Å². The highest BCUT2D eigenvalue weighted by molar-refractivity contribution is 6.02. The summed E-state index contributed by atoms with van der Waals surface area (Å²) in [6.07, 6.45) is 1.61. The number of amides is 1. The minimum atomic E-state index is -0.313. The lowest BCUT2D eigenvalue weighted by molar-refractivity contribution is 0.0992. The molecule has 0 radical (unpaired) electrons. The minimum Gasteiger partial charge on any atom is -0.486 e. The van der Waals surface area contributed by atoms with Gasteiger partial charge in [-0.3, -0.25) is 9.48 Å². The van der Waals surface area contributed by atoms with E-state index in [-0.39, 0.29) is 23.7 Å². The van der Waals surface area contributed by atoms with Crippen LogP contribution in [0.1, 0.15) is 48.3 Å². The number of aryl methyl sites for hydroxylation is 1. The van der Waals surface area contributed by atoms with Crippen LogP contribution in [0.3, 0.4) is 0 Å². The summed E-state index contributed by atoms with van der Waals surface area (Å²) in [5.41, 5.74) is 2.89. The number of hydrogen-bond donors (Lipinski definition) is 1. The average molecular weight is 367 g/mol. The SMILES string of the molecule is Cc1c(NC(=O)c2ccc(COc3ccc(C(C)(C)C)cc3)o2)cnn1C. The summed E-state index contributed by atoms with van der Waals surface area (Å²) in [5.74, 6) is 1.27. The number of nitrogens with zero attached hydrogens (tertiary/aromatic N) is 2. The summed E-state index contributed by atoms with van der Waals surface area (Å²) < 4.78 is 13.1. The maximum absolute atomic E-state index is 12.3. The van der Waals surface area contributed by atoms with Gasteiger partial charge in [0.05, 0.1) is 17.6 Å². The lowest BCUT2D eigenvalue weighted by atomic mass is 9.87. The van der Waals surface area contributed by atoms with E-state index < -0.39 is 0 Å². The first-order chi connectivity index (χ1) is 12.7. The Morgan fingerprint density at radius 1 is 1.19 bits per heavy atom. The molecule has 2 aromatic heterocycles. The number of rotatable bonds is 5. The number of nitrogens with one attached hydrogen (secondary N) is 1. The van der Waals surface area contributed by atoms with Gasteiger partial charge in [0.2, 0.25) is 0 Å². The van der Waals surface area contributed by atoms with E-state index in [0.29, 0.717) is 11.4 Å². The fourth-order valence-corrected chi connectivity index (χ4v) is 2.59. The summed E-state index contributed by atoms with van der Waals surface area (Å²) in [6.45, 7) is 8.66. The van der Waals surface area contributed by atoms with Gasteiger partial charge in [-0.15, -0.1) is 0 Å². The second kappa shape index (κ2) is 7.31. The number of carbonyl (C=O) groups excluding carboxylic acids is 1. The molecule has 142 valence electrons. The standard InChI is InChI=1S/C21H25N3O3/c1-14-18(12-22-24(14)5)23-20(25)19-11-10-17(27-19)13-26-16-8-6-15(7-9-16)21(2,3)4/h6-12H,13H2,1-5H3,(H,23,25). The zero-order valence-electron chi connectivity index (χ0n) is 16.4. The van der Waals surface area contributed by atoms with E-state index in [1.807, 2.05) is 26.1 Å². The molecule has 0 fully saturated rings. The Morgan fingerprint density at radius 2 is 1.89 bits per heavy atom. The van der Waals surface area contributed by atoms with Gasteiger partial charge in [0.1, 0.15) is 18.1 Å². The lowest BCUT2D eigenvalue weighted by Crippen LogP contribution is -2.11. The minimum absolute atomic E-state index is 0.106. The van der Waals surface area contributed by atoms with Crippen molar-refractivity contribution in [1.29, 1.82) is 0 Å². The molecular formula is C21H25N3O3. The van der Waals surface area contributed by atoms with Gasteiger partial charge in [-0.2, -0.15) is 5.10 Å². The maximum atomic E-state index is 12.3. The molecule has 3 aromatic rings. The number of hydrogen-bond acceptors (Lipinski definition) is 4. The van der Waals surface area contributed by atoms with Crippen LogP contribution in [0.2, 0.25) is 0 Å². The van der Waals surface area contributed by atoms with E-state index in [1.165, 1.54) is 5.56 Å². The Labute approximate surface area is 159 Å². The monoisotopic (exact) mass is 367 g/mol. The largest absolute Gasteiger partial charge is 0.486 e. The molecule has 1 N–H and O–H groups in total. The molecule has 6 nitrogen and oxygen atoms in total. The zero-order chi connectivity index (χ0) is 19.6. The highest BCUT2D eigenvalue weighted by Gasteiger charge is 2.15. The van der Waals surface area contributed by atoms with Gasteiger partial charge >= 0.3 is 0 Å². The molecule has 0 unspecified atom stereocenters. The van der Waals surface area contributed by atoms with E-state index >= 15 is 0 Å². The van der Waals surface area contributed by atoms with Gasteiger partial charge in [0.15, 0.2) is 5.76 Å². The fraction of sp³-hybridized carbons (Fsp3) is 0.333. The topological polar surface area (TPSA) is 69.3 Å². The number of carbonyl (C=O) groups is 1. The molecule has 0 saturated heterocycles. The number of ether oxygens (including phenoxy) is 1. The van der Waals surface area contributed by atoms with Gasteiger partial charge in [0.25, 0.3) is 5.91 Å². The van der Waals surface area contributed by atoms with Crippen LogP contribution in [0.5, 0.6) is 5.75 Å². The van der Waals surface area contributed by atoms with Crippen molar-refractivity contribution in [2.75, 3.05) is 5.32 Å². The van der Waals surface area contributed by atoms with Gasteiger partial charge in [-0.05, 0) is 42.2 Å². The lowest BCUT2D eigenvalue weighted by Gasteiger charge is -2.19. The summed E-state index contributed by atoms with van der Waals surface area (Å²) in [6, 6.07) is 11.4. The Balaban J connectivity index is 1.59. The van der Waals surface area contributed by atoms with E-state index in [9.17, 15) is 4.79 Å².